The van der Waals surface area contributed by atoms with Crippen LogP contribution in [-0.2, 0) is 4.79 Å². The van der Waals surface area contributed by atoms with E-state index in [1.807, 2.05) is 0 Å². The van der Waals surface area contributed by atoms with Crippen LogP contribution in [0.15, 0.2) is 0 Å². The predicted molar refractivity (Wildman–Crippen MR) is 79.0 cm³/mol. The molecule has 3 heteroatoms. The minimum atomic E-state index is 0.186. The molecule has 5 aliphatic rings. The van der Waals surface area contributed by atoms with Gasteiger partial charge >= 0.3 is 0 Å². The Hall–Kier alpha value is -0.570. The van der Waals surface area contributed by atoms with Gasteiger partial charge in [0.15, 0.2) is 0 Å². The smallest absolute Gasteiger partial charge is 0.223 e. The van der Waals surface area contributed by atoms with Crippen molar-refractivity contribution in [3.8, 4) is 0 Å². The quantitative estimate of drug-likeness (QED) is 0.814. The van der Waals surface area contributed by atoms with Crippen LogP contribution in [-0.4, -0.2) is 17.5 Å². The molecule has 0 saturated heterocycles. The fourth-order valence-corrected chi connectivity index (χ4v) is 6.01. The summed E-state index contributed by atoms with van der Waals surface area (Å²) >= 11 is 0. The molecule has 0 atom stereocenters. The molecule has 3 nitrogen and oxygen atoms in total. The minimum absolute atomic E-state index is 0.186. The van der Waals surface area contributed by atoms with Gasteiger partial charge in [0.25, 0.3) is 0 Å². The molecule has 112 valence electrons. The summed E-state index contributed by atoms with van der Waals surface area (Å²) in [5.74, 6) is 3.30. The van der Waals surface area contributed by atoms with Crippen LogP contribution >= 0.6 is 0 Å². The fourth-order valence-electron chi connectivity index (χ4n) is 6.01. The number of carbonyl (C=O) groups is 1. The summed E-state index contributed by atoms with van der Waals surface area (Å²) < 4.78 is 0. The van der Waals surface area contributed by atoms with Gasteiger partial charge in [0.05, 0.1) is 0 Å². The molecule has 0 aliphatic heterocycles. The van der Waals surface area contributed by atoms with Crippen LogP contribution in [0, 0.1) is 23.7 Å². The maximum Gasteiger partial charge on any atom is 0.223 e. The lowest BCUT2D eigenvalue weighted by molar-refractivity contribution is -0.131. The standard InChI is InChI=1S/C17H28N2O/c18-15-3-1-14(2-4-15)16(20)19-17-8-11-5-12(9-17)7-13(6-11)10-17/h11-15H,1-10,18H2,(H,19,20). The second-order valence-corrected chi connectivity index (χ2v) is 8.30. The van der Waals surface area contributed by atoms with Crippen molar-refractivity contribution in [2.75, 3.05) is 0 Å². The van der Waals surface area contributed by atoms with E-state index < -0.39 is 0 Å². The molecule has 0 spiro atoms. The molecule has 20 heavy (non-hydrogen) atoms. The van der Waals surface area contributed by atoms with Crippen molar-refractivity contribution in [1.82, 2.24) is 5.32 Å². The lowest BCUT2D eigenvalue weighted by atomic mass is 9.53. The summed E-state index contributed by atoms with van der Waals surface area (Å²) in [5, 5.41) is 3.53. The van der Waals surface area contributed by atoms with E-state index >= 15 is 0 Å². The van der Waals surface area contributed by atoms with Crippen molar-refractivity contribution in [3.63, 3.8) is 0 Å². The Morgan fingerprint density at radius 2 is 1.40 bits per heavy atom. The van der Waals surface area contributed by atoms with E-state index in [4.69, 9.17) is 5.73 Å². The van der Waals surface area contributed by atoms with E-state index in [-0.39, 0.29) is 11.5 Å². The number of rotatable bonds is 2. The van der Waals surface area contributed by atoms with Gasteiger partial charge in [0.1, 0.15) is 0 Å². The molecule has 0 aromatic heterocycles. The van der Waals surface area contributed by atoms with E-state index in [9.17, 15) is 4.79 Å². The molecule has 5 fully saturated rings. The predicted octanol–water partition coefficient (Wildman–Crippen LogP) is 2.59. The Balaban J connectivity index is 1.42. The van der Waals surface area contributed by atoms with Crippen LogP contribution in [0.2, 0.25) is 0 Å². The SMILES string of the molecule is NC1CCC(C(=O)NC23CC4CC(CC(C4)C2)C3)CC1. The van der Waals surface area contributed by atoms with E-state index in [1.54, 1.807) is 0 Å². The van der Waals surface area contributed by atoms with Crippen molar-refractivity contribution >= 4 is 5.91 Å². The van der Waals surface area contributed by atoms with E-state index in [0.717, 1.165) is 43.4 Å². The van der Waals surface area contributed by atoms with Gasteiger partial charge < -0.3 is 11.1 Å². The molecule has 5 rings (SSSR count). The number of nitrogens with two attached hydrogens (primary N) is 1. The molecular formula is C17H28N2O. The Labute approximate surface area is 122 Å². The fraction of sp³-hybridized carbons (Fsp3) is 0.941. The average molecular weight is 276 g/mol. The molecule has 4 bridgehead atoms. The first kappa shape index (κ1) is 13.1. The Bertz CT molecular complexity index is 363. The molecule has 0 aromatic carbocycles. The molecule has 0 heterocycles. The van der Waals surface area contributed by atoms with Crippen LogP contribution in [0.4, 0.5) is 0 Å². The third-order valence-electron chi connectivity index (χ3n) is 6.57. The van der Waals surface area contributed by atoms with Crippen molar-refractivity contribution in [2.45, 2.75) is 75.8 Å². The Kier molecular flexibility index (Phi) is 3.10. The summed E-state index contributed by atoms with van der Waals surface area (Å²) in [6.45, 7) is 0. The Morgan fingerprint density at radius 1 is 0.900 bits per heavy atom. The molecule has 0 radical (unpaired) electrons. The zero-order valence-electron chi connectivity index (χ0n) is 12.4. The topological polar surface area (TPSA) is 55.1 Å². The molecule has 5 saturated carbocycles. The maximum atomic E-state index is 12.6. The lowest BCUT2D eigenvalue weighted by Crippen LogP contribution is -2.60. The Morgan fingerprint density at radius 3 is 1.90 bits per heavy atom. The first-order valence-electron chi connectivity index (χ1n) is 8.69. The molecule has 0 unspecified atom stereocenters. The molecule has 0 aromatic rings. The highest BCUT2D eigenvalue weighted by Gasteiger charge is 2.51. The highest BCUT2D eigenvalue weighted by Crippen LogP contribution is 2.55. The second-order valence-electron chi connectivity index (χ2n) is 8.30. The van der Waals surface area contributed by atoms with E-state index in [1.165, 1.54) is 38.5 Å². The first-order valence-corrected chi connectivity index (χ1v) is 8.69. The number of amides is 1. The van der Waals surface area contributed by atoms with E-state index in [2.05, 4.69) is 5.32 Å². The van der Waals surface area contributed by atoms with Crippen molar-refractivity contribution in [3.05, 3.63) is 0 Å². The highest BCUT2D eigenvalue weighted by molar-refractivity contribution is 5.79. The van der Waals surface area contributed by atoms with Gasteiger partial charge in [-0.15, -0.1) is 0 Å². The zero-order chi connectivity index (χ0) is 13.7. The highest BCUT2D eigenvalue weighted by atomic mass is 16.2. The summed E-state index contributed by atoms with van der Waals surface area (Å²) in [6.07, 6.45) is 12.1. The lowest BCUT2D eigenvalue weighted by Gasteiger charge is -2.57. The van der Waals surface area contributed by atoms with Crippen LogP contribution < -0.4 is 11.1 Å². The number of carbonyl (C=O) groups excluding carboxylic acids is 1. The molecular weight excluding hydrogens is 248 g/mol. The molecule has 1 amide bonds. The first-order chi connectivity index (χ1) is 9.62. The normalized spacial score (nSPS) is 50.1. The minimum Gasteiger partial charge on any atom is -0.350 e. The van der Waals surface area contributed by atoms with Gasteiger partial charge in [-0.1, -0.05) is 0 Å². The molecule has 5 aliphatic carbocycles. The number of hydrogen-bond donors (Lipinski definition) is 2. The van der Waals surface area contributed by atoms with Crippen LogP contribution in [0.25, 0.3) is 0 Å². The van der Waals surface area contributed by atoms with Gasteiger partial charge in [-0.2, -0.15) is 0 Å². The molecule has 3 N–H and O–H groups in total. The summed E-state index contributed by atoms with van der Waals surface area (Å²) in [6, 6.07) is 0.332. The third-order valence-corrected chi connectivity index (χ3v) is 6.57. The van der Waals surface area contributed by atoms with Gasteiger partial charge in [0, 0.05) is 17.5 Å². The van der Waals surface area contributed by atoms with Crippen molar-refractivity contribution in [2.24, 2.45) is 29.4 Å². The maximum absolute atomic E-state index is 12.6. The average Bonchev–Trinajstić information content (AvgIpc) is 2.37. The van der Waals surface area contributed by atoms with Gasteiger partial charge in [-0.05, 0) is 82.0 Å². The summed E-state index contributed by atoms with van der Waals surface area (Å²) in [5.41, 5.74) is 6.14. The van der Waals surface area contributed by atoms with Crippen LogP contribution in [0.5, 0.6) is 0 Å². The second kappa shape index (κ2) is 4.72. The van der Waals surface area contributed by atoms with Gasteiger partial charge in [-0.3, -0.25) is 4.79 Å². The van der Waals surface area contributed by atoms with Crippen molar-refractivity contribution < 1.29 is 4.79 Å². The summed E-state index contributed by atoms with van der Waals surface area (Å²) in [4.78, 5) is 12.6. The van der Waals surface area contributed by atoms with Crippen molar-refractivity contribution in [1.29, 1.82) is 0 Å². The zero-order valence-corrected chi connectivity index (χ0v) is 12.4. The van der Waals surface area contributed by atoms with Crippen LogP contribution in [0.3, 0.4) is 0 Å². The largest absolute Gasteiger partial charge is 0.350 e. The summed E-state index contributed by atoms with van der Waals surface area (Å²) in [7, 11) is 0. The third kappa shape index (κ3) is 2.28. The number of nitrogens with one attached hydrogen (secondary N) is 1. The van der Waals surface area contributed by atoms with Gasteiger partial charge in [0.2, 0.25) is 5.91 Å². The monoisotopic (exact) mass is 276 g/mol. The van der Waals surface area contributed by atoms with Gasteiger partial charge in [-0.25, -0.2) is 0 Å². The van der Waals surface area contributed by atoms with E-state index in [0.29, 0.717) is 11.9 Å². The van der Waals surface area contributed by atoms with Crippen LogP contribution in [0.1, 0.15) is 64.2 Å². The number of hydrogen-bond acceptors (Lipinski definition) is 2.